The highest BCUT2D eigenvalue weighted by atomic mass is 32.2. The van der Waals surface area contributed by atoms with Crippen molar-refractivity contribution >= 4 is 39.2 Å². The number of carbonyl (C=O) groups excluding carboxylic acids is 1. The van der Waals surface area contributed by atoms with Crippen molar-refractivity contribution in [1.29, 1.82) is 0 Å². The van der Waals surface area contributed by atoms with E-state index in [-0.39, 0.29) is 17.2 Å². The molecule has 0 unspecified atom stereocenters. The number of hydrogen-bond acceptors (Lipinski definition) is 5. The second-order valence-corrected chi connectivity index (χ2v) is 9.53. The Bertz CT molecular complexity index is 1130. The summed E-state index contributed by atoms with van der Waals surface area (Å²) in [6.07, 6.45) is 4.50. The summed E-state index contributed by atoms with van der Waals surface area (Å²) < 4.78 is 1.56. The van der Waals surface area contributed by atoms with Crippen LogP contribution < -0.4 is 10.9 Å². The predicted octanol–water partition coefficient (Wildman–Crippen LogP) is 4.43. The van der Waals surface area contributed by atoms with Gasteiger partial charge >= 0.3 is 0 Å². The fraction of sp³-hybridized carbons (Fsp3) is 0.409. The first kappa shape index (κ1) is 20.2. The molecule has 1 amide bonds. The van der Waals surface area contributed by atoms with Crippen LogP contribution in [-0.2, 0) is 11.8 Å². The van der Waals surface area contributed by atoms with Crippen molar-refractivity contribution in [3.63, 3.8) is 0 Å². The van der Waals surface area contributed by atoms with Gasteiger partial charge in [-0.2, -0.15) is 0 Å². The first-order chi connectivity index (χ1) is 13.9. The highest BCUT2D eigenvalue weighted by Gasteiger charge is 2.19. The van der Waals surface area contributed by atoms with E-state index in [1.165, 1.54) is 47.1 Å². The number of thioether (sulfide) groups is 1. The van der Waals surface area contributed by atoms with Crippen LogP contribution in [0.2, 0.25) is 0 Å². The molecule has 0 saturated heterocycles. The molecule has 3 aromatic rings. The van der Waals surface area contributed by atoms with Gasteiger partial charge in [0.2, 0.25) is 5.91 Å². The highest BCUT2D eigenvalue weighted by Crippen LogP contribution is 2.33. The molecule has 0 radical (unpaired) electrons. The van der Waals surface area contributed by atoms with Gasteiger partial charge in [-0.15, -0.1) is 11.3 Å². The summed E-state index contributed by atoms with van der Waals surface area (Å²) in [5.74, 6) is 0.288. The number of aromatic nitrogens is 2. The van der Waals surface area contributed by atoms with Crippen molar-refractivity contribution in [2.24, 2.45) is 7.05 Å². The van der Waals surface area contributed by atoms with Crippen LogP contribution in [0.1, 0.15) is 36.8 Å². The lowest BCUT2D eigenvalue weighted by Crippen LogP contribution is -2.34. The Labute approximate surface area is 178 Å². The number of benzene rings is 1. The van der Waals surface area contributed by atoms with Crippen molar-refractivity contribution in [2.45, 2.75) is 50.7 Å². The lowest BCUT2D eigenvalue weighted by atomic mass is 10.0. The zero-order valence-corrected chi connectivity index (χ0v) is 18.6. The molecule has 0 bridgehead atoms. The molecule has 5 nitrogen and oxygen atoms in total. The molecule has 1 fully saturated rings. The van der Waals surface area contributed by atoms with Gasteiger partial charge < -0.3 is 5.32 Å². The molecule has 1 aliphatic carbocycles. The molecule has 0 aliphatic heterocycles. The number of aryl methyl sites for hydroxylation is 2. The molecule has 1 saturated carbocycles. The molecule has 152 valence electrons. The van der Waals surface area contributed by atoms with E-state index < -0.39 is 0 Å². The van der Waals surface area contributed by atoms with Gasteiger partial charge in [0.15, 0.2) is 5.16 Å². The number of hydrogen-bond donors (Lipinski definition) is 1. The number of fused-ring (bicyclic) bond motifs is 1. The van der Waals surface area contributed by atoms with Crippen molar-refractivity contribution in [3.05, 3.63) is 45.1 Å². The van der Waals surface area contributed by atoms with Crippen LogP contribution in [0.15, 0.2) is 33.5 Å². The second kappa shape index (κ2) is 8.32. The third kappa shape index (κ3) is 4.12. The van der Waals surface area contributed by atoms with E-state index in [1.807, 2.05) is 5.38 Å². The third-order valence-electron chi connectivity index (χ3n) is 5.64. The molecular formula is C22H25N3O2S2. The quantitative estimate of drug-likeness (QED) is 0.483. The fourth-order valence-electron chi connectivity index (χ4n) is 3.77. The summed E-state index contributed by atoms with van der Waals surface area (Å²) >= 11 is 2.80. The SMILES string of the molecule is Cc1ccc(-c2csc3nc(SCC(=O)NC4CCCC4)n(C)c(=O)c23)cc1C. The van der Waals surface area contributed by atoms with E-state index in [1.54, 1.807) is 11.6 Å². The standard InChI is InChI=1S/C22H25N3O2S2/c1-13-8-9-15(10-14(13)2)17-11-28-20-19(17)21(27)25(3)22(24-20)29-12-18(26)23-16-6-4-5-7-16/h8-11,16H,4-7,12H2,1-3H3,(H,23,26). The van der Waals surface area contributed by atoms with Crippen molar-refractivity contribution < 1.29 is 4.79 Å². The summed E-state index contributed by atoms with van der Waals surface area (Å²) in [7, 11) is 1.73. The van der Waals surface area contributed by atoms with E-state index in [2.05, 4.69) is 42.3 Å². The molecule has 2 aromatic heterocycles. The van der Waals surface area contributed by atoms with Crippen molar-refractivity contribution in [2.75, 3.05) is 5.75 Å². The van der Waals surface area contributed by atoms with E-state index in [4.69, 9.17) is 0 Å². The van der Waals surface area contributed by atoms with Gasteiger partial charge in [-0.05, 0) is 43.4 Å². The Morgan fingerprint density at radius 3 is 2.76 bits per heavy atom. The Morgan fingerprint density at radius 1 is 1.28 bits per heavy atom. The van der Waals surface area contributed by atoms with Crippen molar-refractivity contribution in [3.8, 4) is 11.1 Å². The smallest absolute Gasteiger partial charge is 0.263 e. The minimum atomic E-state index is -0.0665. The maximum atomic E-state index is 13.1. The summed E-state index contributed by atoms with van der Waals surface area (Å²) in [6, 6.07) is 6.56. The van der Waals surface area contributed by atoms with Crippen LogP contribution in [0.4, 0.5) is 0 Å². The van der Waals surface area contributed by atoms with Gasteiger partial charge in [0.25, 0.3) is 5.56 Å². The maximum absolute atomic E-state index is 13.1. The minimum Gasteiger partial charge on any atom is -0.353 e. The van der Waals surface area contributed by atoms with Crippen LogP contribution in [0.5, 0.6) is 0 Å². The average Bonchev–Trinajstić information content (AvgIpc) is 3.35. The van der Waals surface area contributed by atoms with E-state index in [9.17, 15) is 9.59 Å². The molecule has 7 heteroatoms. The van der Waals surface area contributed by atoms with Crippen LogP contribution in [0.3, 0.4) is 0 Å². The topological polar surface area (TPSA) is 64.0 Å². The van der Waals surface area contributed by atoms with Gasteiger partial charge in [0.1, 0.15) is 4.83 Å². The van der Waals surface area contributed by atoms with Gasteiger partial charge in [0.05, 0.1) is 11.1 Å². The molecule has 0 atom stereocenters. The van der Waals surface area contributed by atoms with Gasteiger partial charge in [-0.25, -0.2) is 4.98 Å². The molecule has 1 aromatic carbocycles. The van der Waals surface area contributed by atoms with Gasteiger partial charge in [-0.3, -0.25) is 14.2 Å². The molecule has 1 N–H and O–H groups in total. The Hall–Kier alpha value is -2.12. The molecular weight excluding hydrogens is 402 g/mol. The molecule has 2 heterocycles. The third-order valence-corrected chi connectivity index (χ3v) is 7.55. The minimum absolute atomic E-state index is 0.0123. The Balaban J connectivity index is 1.59. The summed E-state index contributed by atoms with van der Waals surface area (Å²) in [4.78, 5) is 30.7. The van der Waals surface area contributed by atoms with Crippen LogP contribution >= 0.6 is 23.1 Å². The number of nitrogens with one attached hydrogen (secondary N) is 1. The maximum Gasteiger partial charge on any atom is 0.263 e. The lowest BCUT2D eigenvalue weighted by Gasteiger charge is -2.12. The number of nitrogens with zero attached hydrogens (tertiary/aromatic N) is 2. The second-order valence-electron chi connectivity index (χ2n) is 7.72. The summed E-state index contributed by atoms with van der Waals surface area (Å²) in [6.45, 7) is 4.16. The first-order valence-corrected chi connectivity index (χ1v) is 11.8. The average molecular weight is 428 g/mol. The fourth-order valence-corrected chi connectivity index (χ4v) is 5.54. The predicted molar refractivity (Wildman–Crippen MR) is 121 cm³/mol. The molecule has 0 spiro atoms. The zero-order valence-electron chi connectivity index (χ0n) is 16.9. The molecule has 1 aliphatic rings. The van der Waals surface area contributed by atoms with Crippen LogP contribution in [0, 0.1) is 13.8 Å². The summed E-state index contributed by atoms with van der Waals surface area (Å²) in [5.41, 5.74) is 4.33. The van der Waals surface area contributed by atoms with E-state index in [0.717, 1.165) is 28.8 Å². The zero-order chi connectivity index (χ0) is 20.5. The summed E-state index contributed by atoms with van der Waals surface area (Å²) in [5, 5.41) is 6.32. The Kier molecular flexibility index (Phi) is 5.79. The lowest BCUT2D eigenvalue weighted by molar-refractivity contribution is -0.119. The number of thiophene rings is 1. The van der Waals surface area contributed by atoms with Gasteiger partial charge in [0, 0.05) is 24.0 Å². The van der Waals surface area contributed by atoms with Gasteiger partial charge in [-0.1, -0.05) is 42.8 Å². The Morgan fingerprint density at radius 2 is 2.03 bits per heavy atom. The highest BCUT2D eigenvalue weighted by molar-refractivity contribution is 7.99. The van der Waals surface area contributed by atoms with Crippen molar-refractivity contribution in [1.82, 2.24) is 14.9 Å². The number of amides is 1. The van der Waals surface area contributed by atoms with E-state index >= 15 is 0 Å². The number of carbonyl (C=O) groups is 1. The number of rotatable bonds is 5. The molecule has 4 rings (SSSR count). The monoisotopic (exact) mass is 427 g/mol. The largest absolute Gasteiger partial charge is 0.353 e. The van der Waals surface area contributed by atoms with Crippen LogP contribution in [0.25, 0.3) is 21.3 Å². The first-order valence-electron chi connectivity index (χ1n) is 9.92. The van der Waals surface area contributed by atoms with Crippen LogP contribution in [-0.4, -0.2) is 27.3 Å². The normalized spacial score (nSPS) is 14.6. The van der Waals surface area contributed by atoms with E-state index in [0.29, 0.717) is 16.6 Å². The molecule has 29 heavy (non-hydrogen) atoms.